The highest BCUT2D eigenvalue weighted by Crippen LogP contribution is 2.65. The van der Waals surface area contributed by atoms with Gasteiger partial charge in [-0.1, -0.05) is 54.4 Å². The van der Waals surface area contributed by atoms with Gasteiger partial charge in [0.1, 0.15) is 22.5 Å². The lowest BCUT2D eigenvalue weighted by Gasteiger charge is -2.38. The summed E-state index contributed by atoms with van der Waals surface area (Å²) < 4.78 is 4.08. The molecule has 3 aliphatic rings. The Labute approximate surface area is 262 Å². The number of nitrogens with one attached hydrogen (secondary N) is 3. The number of piperidine rings is 1. The molecule has 6 atom stereocenters. The van der Waals surface area contributed by atoms with Crippen molar-refractivity contribution in [2.24, 2.45) is 34.3 Å². The van der Waals surface area contributed by atoms with Crippen molar-refractivity contribution in [3.63, 3.8) is 0 Å². The average Bonchev–Trinajstić information content (AvgIpc) is 3.70. The van der Waals surface area contributed by atoms with E-state index in [-0.39, 0.29) is 18.9 Å². The molecule has 0 bridgehead atoms. The van der Waals surface area contributed by atoms with E-state index in [0.29, 0.717) is 0 Å². The summed E-state index contributed by atoms with van der Waals surface area (Å²) >= 11 is 12.9. The summed E-state index contributed by atoms with van der Waals surface area (Å²) in [6, 6.07) is -5.18. The van der Waals surface area contributed by atoms with Crippen LogP contribution in [0.4, 0.5) is 4.79 Å². The second kappa shape index (κ2) is 12.4. The molecule has 2 saturated carbocycles. The third kappa shape index (κ3) is 8.12. The van der Waals surface area contributed by atoms with Crippen LogP contribution in [0.5, 0.6) is 0 Å². The number of hydrogen-bond acceptors (Lipinski definition) is 7. The molecule has 12 nitrogen and oxygen atoms in total. The minimum Gasteiger partial charge on any atom is -0.461 e. The zero-order valence-corrected chi connectivity index (χ0v) is 27.6. The van der Waals surface area contributed by atoms with Gasteiger partial charge in [-0.3, -0.25) is 19.2 Å². The van der Waals surface area contributed by atoms with Crippen molar-refractivity contribution in [2.45, 2.75) is 109 Å². The number of carbonyl (C=O) groups is 6. The molecule has 0 radical (unpaired) electrons. The fraction of sp³-hybridized carbons (Fsp3) is 0.793. The van der Waals surface area contributed by atoms with Gasteiger partial charge in [-0.15, -0.1) is 23.2 Å². The van der Waals surface area contributed by atoms with Crippen LogP contribution in [-0.4, -0.2) is 81.6 Å². The van der Waals surface area contributed by atoms with Crippen LogP contribution < -0.4 is 21.7 Å². The van der Waals surface area contributed by atoms with E-state index in [1.54, 1.807) is 55.4 Å². The average molecular weight is 647 g/mol. The van der Waals surface area contributed by atoms with Gasteiger partial charge in [0.25, 0.3) is 5.91 Å². The SMILES string of the molecule is CC(C)OC(=O)C(NC(=O)N[C@H](C(=O)N1C[C@H]2[C@@H]([C@H]1C(=O)NC(CC1CC1)C(=O)C(N)=O)C2(Cl)Cl)C(C)(C)C)C(C)(C)C. The second-order valence-electron chi connectivity index (χ2n) is 14.4. The lowest BCUT2D eigenvalue weighted by atomic mass is 9.85. The second-order valence-corrected chi connectivity index (χ2v) is 15.9. The van der Waals surface area contributed by atoms with Crippen LogP contribution >= 0.6 is 23.2 Å². The maximum absolute atomic E-state index is 14.1. The van der Waals surface area contributed by atoms with Crippen molar-refractivity contribution in [2.75, 3.05) is 6.54 Å². The molecule has 2 unspecified atom stereocenters. The number of Topliss-reactive ketones (excluding diaryl/α,β-unsaturated/α-hetero) is 1. The van der Waals surface area contributed by atoms with Crippen LogP contribution in [0.2, 0.25) is 0 Å². The number of nitrogens with two attached hydrogens (primary N) is 1. The zero-order valence-electron chi connectivity index (χ0n) is 26.1. The molecular weight excluding hydrogens is 601 g/mol. The minimum atomic E-state index is -1.25. The Kier molecular flexibility index (Phi) is 10.1. The maximum atomic E-state index is 14.1. The topological polar surface area (TPSA) is 177 Å². The molecule has 5 amide bonds. The van der Waals surface area contributed by atoms with E-state index in [9.17, 15) is 28.8 Å². The number of likely N-dealkylation sites (tertiary alicyclic amines) is 1. The van der Waals surface area contributed by atoms with Crippen molar-refractivity contribution < 1.29 is 33.5 Å². The number of ether oxygens (including phenoxy) is 1. The number of rotatable bonds is 11. The number of alkyl halides is 2. The van der Waals surface area contributed by atoms with Gasteiger partial charge in [0, 0.05) is 18.4 Å². The lowest BCUT2D eigenvalue weighted by Crippen LogP contribution is -2.63. The molecule has 14 heteroatoms. The van der Waals surface area contributed by atoms with Gasteiger partial charge in [-0.25, -0.2) is 9.59 Å². The molecule has 1 aliphatic heterocycles. The molecule has 1 heterocycles. The number of urea groups is 1. The molecule has 2 aliphatic carbocycles. The summed E-state index contributed by atoms with van der Waals surface area (Å²) in [5.41, 5.74) is 3.70. The molecule has 5 N–H and O–H groups in total. The summed E-state index contributed by atoms with van der Waals surface area (Å²) in [4.78, 5) is 79.3. The van der Waals surface area contributed by atoms with Crippen molar-refractivity contribution in [1.82, 2.24) is 20.9 Å². The molecule has 242 valence electrons. The molecule has 3 rings (SSSR count). The summed E-state index contributed by atoms with van der Waals surface area (Å²) in [7, 11) is 0. The smallest absolute Gasteiger partial charge is 0.329 e. The monoisotopic (exact) mass is 645 g/mol. The number of fused-ring (bicyclic) bond motifs is 1. The third-order valence-corrected chi connectivity index (χ3v) is 9.21. The molecule has 3 fully saturated rings. The van der Waals surface area contributed by atoms with Crippen molar-refractivity contribution in [1.29, 1.82) is 0 Å². The van der Waals surface area contributed by atoms with Gasteiger partial charge < -0.3 is 31.3 Å². The Balaban J connectivity index is 1.83. The Hall–Kier alpha value is -2.60. The fourth-order valence-electron chi connectivity index (χ4n) is 5.53. The molecule has 0 aromatic rings. The van der Waals surface area contributed by atoms with Crippen molar-refractivity contribution in [3.8, 4) is 0 Å². The van der Waals surface area contributed by atoms with Crippen LogP contribution in [0.15, 0.2) is 0 Å². The number of halogens is 2. The van der Waals surface area contributed by atoms with E-state index in [4.69, 9.17) is 33.7 Å². The molecule has 1 saturated heterocycles. The number of nitrogens with zero attached hydrogens (tertiary/aromatic N) is 1. The van der Waals surface area contributed by atoms with Crippen LogP contribution in [-0.2, 0) is 28.7 Å². The van der Waals surface area contributed by atoms with Gasteiger partial charge >= 0.3 is 12.0 Å². The Morgan fingerprint density at radius 1 is 0.930 bits per heavy atom. The van der Waals surface area contributed by atoms with E-state index in [0.717, 1.165) is 12.8 Å². The first-order valence-corrected chi connectivity index (χ1v) is 15.4. The van der Waals surface area contributed by atoms with E-state index >= 15 is 0 Å². The largest absolute Gasteiger partial charge is 0.461 e. The number of ketones is 1. The summed E-state index contributed by atoms with van der Waals surface area (Å²) in [5, 5.41) is 7.98. The first-order valence-electron chi connectivity index (χ1n) is 14.7. The Morgan fingerprint density at radius 3 is 1.93 bits per heavy atom. The Bertz CT molecular complexity index is 1160. The van der Waals surface area contributed by atoms with Crippen LogP contribution in [0.25, 0.3) is 0 Å². The number of esters is 1. The predicted octanol–water partition coefficient (Wildman–Crippen LogP) is 2.04. The van der Waals surface area contributed by atoms with Gasteiger partial charge in [0.05, 0.1) is 12.1 Å². The van der Waals surface area contributed by atoms with Gasteiger partial charge in [0.15, 0.2) is 0 Å². The van der Waals surface area contributed by atoms with Crippen LogP contribution in [0.3, 0.4) is 0 Å². The van der Waals surface area contributed by atoms with Crippen LogP contribution in [0, 0.1) is 28.6 Å². The molecule has 0 spiro atoms. The first-order chi connectivity index (χ1) is 19.6. The molecule has 43 heavy (non-hydrogen) atoms. The lowest BCUT2D eigenvalue weighted by molar-refractivity contribution is -0.152. The number of primary amides is 1. The minimum absolute atomic E-state index is 0.0485. The highest BCUT2D eigenvalue weighted by molar-refractivity contribution is 6.51. The van der Waals surface area contributed by atoms with Gasteiger partial charge in [0.2, 0.25) is 17.6 Å². The van der Waals surface area contributed by atoms with E-state index in [1.807, 2.05) is 0 Å². The molecular formula is C29H45Cl2N5O7. The fourth-order valence-corrected chi connectivity index (χ4v) is 6.35. The summed E-state index contributed by atoms with van der Waals surface area (Å²) in [6.07, 6.45) is 1.61. The standard InChI is InChI=1S/C29H45Cl2N5O7/c1-13(2)43-25(41)21(28(6,7)8)35-26(42)34-20(27(3,4)5)24(40)36-12-15-17(29(15,30)31)18(36)23(39)33-16(11-14-9-10-14)19(37)22(32)38/h13-18,20-21H,9-12H2,1-8H3,(H2,32,38)(H,33,39)(H2,34,35,42)/t15-,16?,17-,18-,20+,21?/m0/s1. The Morgan fingerprint density at radius 2 is 1.47 bits per heavy atom. The summed E-state index contributed by atoms with van der Waals surface area (Å²) in [6.45, 7) is 14.0. The predicted molar refractivity (Wildman–Crippen MR) is 160 cm³/mol. The quantitative estimate of drug-likeness (QED) is 0.151. The summed E-state index contributed by atoms with van der Waals surface area (Å²) in [5.74, 6) is -4.76. The van der Waals surface area contributed by atoms with Crippen molar-refractivity contribution >= 4 is 58.7 Å². The normalized spacial score (nSPS) is 24.7. The molecule has 0 aromatic carbocycles. The first kappa shape index (κ1) is 34.9. The van der Waals surface area contributed by atoms with E-state index < -0.39 is 92.8 Å². The number of carbonyl (C=O) groups excluding carboxylic acids is 6. The maximum Gasteiger partial charge on any atom is 0.329 e. The van der Waals surface area contributed by atoms with Gasteiger partial charge in [-0.2, -0.15) is 0 Å². The van der Waals surface area contributed by atoms with Crippen LogP contribution in [0.1, 0.15) is 74.7 Å². The van der Waals surface area contributed by atoms with E-state index in [2.05, 4.69) is 16.0 Å². The number of hydrogen-bond donors (Lipinski definition) is 4. The molecule has 0 aromatic heterocycles. The van der Waals surface area contributed by atoms with Crippen molar-refractivity contribution in [3.05, 3.63) is 0 Å². The highest BCUT2D eigenvalue weighted by atomic mass is 35.5. The van der Waals surface area contributed by atoms with E-state index in [1.165, 1.54) is 4.90 Å². The highest BCUT2D eigenvalue weighted by Gasteiger charge is 2.74. The third-order valence-electron chi connectivity index (χ3n) is 8.14. The zero-order chi connectivity index (χ0) is 32.8. The van der Waals surface area contributed by atoms with Gasteiger partial charge in [-0.05, 0) is 37.0 Å². The number of amides is 5.